The number of hydrogen-bond acceptors (Lipinski definition) is 5. The largest absolute Gasteiger partial charge is 0.489 e. The molecule has 1 aromatic carbocycles. The molecule has 2 heterocycles. The topological polar surface area (TPSA) is 80.5 Å². The Morgan fingerprint density at radius 1 is 1.43 bits per heavy atom. The molecule has 0 spiro atoms. The number of carbonyl (C=O) groups excluding carboxylic acids is 1. The second-order valence-electron chi connectivity index (χ2n) is 4.99. The van der Waals surface area contributed by atoms with Gasteiger partial charge < -0.3 is 14.2 Å². The van der Waals surface area contributed by atoms with Gasteiger partial charge in [0.2, 0.25) is 0 Å². The van der Waals surface area contributed by atoms with E-state index in [1.807, 2.05) is 31.2 Å². The Balaban J connectivity index is 1.77. The summed E-state index contributed by atoms with van der Waals surface area (Å²) in [4.78, 5) is 17.9. The van der Waals surface area contributed by atoms with E-state index in [1.54, 1.807) is 11.8 Å². The Labute approximate surface area is 121 Å². The summed E-state index contributed by atoms with van der Waals surface area (Å²) < 4.78 is 10.7. The van der Waals surface area contributed by atoms with Crippen molar-refractivity contribution < 1.29 is 14.1 Å². The van der Waals surface area contributed by atoms with Crippen LogP contribution >= 0.6 is 0 Å². The average molecular weight is 288 g/mol. The number of amides is 2. The first kappa shape index (κ1) is 13.4. The monoisotopic (exact) mass is 288 g/mol. The van der Waals surface area contributed by atoms with Crippen LogP contribution in [-0.4, -0.2) is 33.7 Å². The molecular weight excluding hydrogens is 272 g/mol. The van der Waals surface area contributed by atoms with E-state index in [-0.39, 0.29) is 18.1 Å². The fourth-order valence-corrected chi connectivity index (χ4v) is 2.26. The minimum absolute atomic E-state index is 0.0937. The highest BCUT2D eigenvalue weighted by atomic mass is 16.5. The van der Waals surface area contributed by atoms with E-state index < -0.39 is 0 Å². The molecule has 0 bridgehead atoms. The van der Waals surface area contributed by atoms with Gasteiger partial charge in [-0.15, -0.1) is 0 Å². The molecule has 0 saturated carbocycles. The minimum atomic E-state index is -0.286. The van der Waals surface area contributed by atoms with Crippen molar-refractivity contribution in [1.82, 2.24) is 15.0 Å². The van der Waals surface area contributed by atoms with Crippen LogP contribution in [0.5, 0.6) is 5.75 Å². The van der Waals surface area contributed by atoms with E-state index in [4.69, 9.17) is 9.26 Å². The van der Waals surface area contributed by atoms with Crippen LogP contribution in [-0.2, 0) is 6.54 Å². The van der Waals surface area contributed by atoms with E-state index in [0.29, 0.717) is 18.9 Å². The lowest BCUT2D eigenvalue weighted by atomic mass is 10.2. The summed E-state index contributed by atoms with van der Waals surface area (Å²) in [6.07, 6.45) is -0.0937. The van der Waals surface area contributed by atoms with Crippen LogP contribution in [0.2, 0.25) is 0 Å². The van der Waals surface area contributed by atoms with Crippen molar-refractivity contribution in [2.45, 2.75) is 26.5 Å². The number of rotatable bonds is 1. The minimum Gasteiger partial charge on any atom is -0.489 e. The first-order chi connectivity index (χ1) is 10.1. The molecule has 3 rings (SSSR count). The molecule has 0 radical (unpaired) electrons. The molecule has 7 nitrogen and oxygen atoms in total. The molecular formula is C14H16N4O3. The van der Waals surface area contributed by atoms with Crippen LogP contribution < -0.4 is 10.1 Å². The second kappa shape index (κ2) is 5.43. The van der Waals surface area contributed by atoms with Crippen LogP contribution in [0.3, 0.4) is 0 Å². The Morgan fingerprint density at radius 2 is 2.24 bits per heavy atom. The SMILES string of the molecule is Cc1noc(NC(=O)N2Cc3ccccc3OC(C)C2)n1. The van der Waals surface area contributed by atoms with Crippen LogP contribution in [0.1, 0.15) is 18.3 Å². The van der Waals surface area contributed by atoms with Gasteiger partial charge in [0.05, 0.1) is 13.1 Å². The van der Waals surface area contributed by atoms with Crippen molar-refractivity contribution >= 4 is 12.0 Å². The van der Waals surface area contributed by atoms with Gasteiger partial charge in [-0.3, -0.25) is 5.32 Å². The number of ether oxygens (including phenoxy) is 1. The number of carbonyl (C=O) groups is 1. The van der Waals surface area contributed by atoms with Gasteiger partial charge in [0.1, 0.15) is 11.9 Å². The zero-order chi connectivity index (χ0) is 14.8. The maximum absolute atomic E-state index is 12.3. The molecule has 7 heteroatoms. The Bertz CT molecular complexity index is 655. The molecule has 1 aliphatic heterocycles. The number of para-hydroxylation sites is 1. The highest BCUT2D eigenvalue weighted by Crippen LogP contribution is 2.25. The molecule has 1 aromatic heterocycles. The quantitative estimate of drug-likeness (QED) is 0.870. The van der Waals surface area contributed by atoms with E-state index in [1.165, 1.54) is 0 Å². The third-order valence-corrected chi connectivity index (χ3v) is 3.17. The third-order valence-electron chi connectivity index (χ3n) is 3.17. The van der Waals surface area contributed by atoms with Gasteiger partial charge in [-0.05, 0) is 19.9 Å². The molecule has 0 saturated heterocycles. The van der Waals surface area contributed by atoms with Crippen molar-refractivity contribution in [1.29, 1.82) is 0 Å². The lowest BCUT2D eigenvalue weighted by Crippen LogP contribution is -2.38. The highest BCUT2D eigenvalue weighted by Gasteiger charge is 2.24. The normalized spacial score (nSPS) is 17.6. The van der Waals surface area contributed by atoms with Crippen molar-refractivity contribution in [3.8, 4) is 5.75 Å². The van der Waals surface area contributed by atoms with Crippen molar-refractivity contribution in [3.05, 3.63) is 35.7 Å². The van der Waals surface area contributed by atoms with Crippen LogP contribution in [0.15, 0.2) is 28.8 Å². The number of fused-ring (bicyclic) bond motifs is 1. The maximum atomic E-state index is 12.3. The van der Waals surface area contributed by atoms with Crippen LogP contribution in [0.4, 0.5) is 10.8 Å². The fraction of sp³-hybridized carbons (Fsp3) is 0.357. The maximum Gasteiger partial charge on any atom is 0.329 e. The molecule has 0 fully saturated rings. The van der Waals surface area contributed by atoms with Gasteiger partial charge in [-0.1, -0.05) is 23.4 Å². The summed E-state index contributed by atoms with van der Waals surface area (Å²) in [5.74, 6) is 1.29. The summed E-state index contributed by atoms with van der Waals surface area (Å²) in [6.45, 7) is 4.57. The molecule has 1 unspecified atom stereocenters. The molecule has 0 aliphatic carbocycles. The van der Waals surface area contributed by atoms with Crippen LogP contribution in [0.25, 0.3) is 0 Å². The number of urea groups is 1. The molecule has 2 aromatic rings. The van der Waals surface area contributed by atoms with E-state index in [0.717, 1.165) is 11.3 Å². The smallest absolute Gasteiger partial charge is 0.329 e. The van der Waals surface area contributed by atoms with Gasteiger partial charge in [0, 0.05) is 5.56 Å². The van der Waals surface area contributed by atoms with Gasteiger partial charge >= 0.3 is 12.0 Å². The predicted molar refractivity (Wildman–Crippen MR) is 75.0 cm³/mol. The summed E-state index contributed by atoms with van der Waals surface area (Å²) in [7, 11) is 0. The zero-order valence-corrected chi connectivity index (χ0v) is 11.9. The number of aromatic nitrogens is 2. The van der Waals surface area contributed by atoms with Gasteiger partial charge in [-0.25, -0.2) is 4.79 Å². The fourth-order valence-electron chi connectivity index (χ4n) is 2.26. The molecule has 110 valence electrons. The standard InChI is InChI=1S/C14H16N4O3/c1-9-7-18(8-11-5-3-4-6-12(11)20-9)14(19)16-13-15-10(2)17-21-13/h3-6,9H,7-8H2,1-2H3,(H,15,16,17,19). The Kier molecular flexibility index (Phi) is 3.47. The number of hydrogen-bond donors (Lipinski definition) is 1. The van der Waals surface area contributed by atoms with Gasteiger partial charge in [0.15, 0.2) is 5.82 Å². The number of aryl methyl sites for hydroxylation is 1. The van der Waals surface area contributed by atoms with Gasteiger partial charge in [-0.2, -0.15) is 4.98 Å². The number of nitrogens with zero attached hydrogens (tertiary/aromatic N) is 3. The average Bonchev–Trinajstić information content (AvgIpc) is 2.76. The molecule has 2 amide bonds. The number of anilines is 1. The second-order valence-corrected chi connectivity index (χ2v) is 4.99. The first-order valence-corrected chi connectivity index (χ1v) is 6.72. The lowest BCUT2D eigenvalue weighted by Gasteiger charge is -2.21. The summed E-state index contributed by atoms with van der Waals surface area (Å²) in [5.41, 5.74) is 0.971. The number of nitrogens with one attached hydrogen (secondary N) is 1. The Morgan fingerprint density at radius 3 is 3.00 bits per heavy atom. The predicted octanol–water partition coefficient (Wildman–Crippen LogP) is 2.19. The van der Waals surface area contributed by atoms with Crippen molar-refractivity contribution in [3.63, 3.8) is 0 Å². The third kappa shape index (κ3) is 2.96. The summed E-state index contributed by atoms with van der Waals surface area (Å²) >= 11 is 0. The number of benzene rings is 1. The molecule has 21 heavy (non-hydrogen) atoms. The van der Waals surface area contributed by atoms with E-state index in [9.17, 15) is 4.79 Å². The summed E-state index contributed by atoms with van der Waals surface area (Å²) in [6, 6.07) is 7.52. The van der Waals surface area contributed by atoms with Gasteiger partial charge in [0.25, 0.3) is 0 Å². The Hall–Kier alpha value is -2.57. The van der Waals surface area contributed by atoms with Crippen LogP contribution in [0, 0.1) is 6.92 Å². The highest BCUT2D eigenvalue weighted by molar-refractivity contribution is 5.87. The lowest BCUT2D eigenvalue weighted by molar-refractivity contribution is 0.166. The van der Waals surface area contributed by atoms with Crippen molar-refractivity contribution in [2.75, 3.05) is 11.9 Å². The van der Waals surface area contributed by atoms with Crippen molar-refractivity contribution in [2.24, 2.45) is 0 Å². The summed E-state index contributed by atoms with van der Waals surface area (Å²) in [5, 5.41) is 6.24. The molecule has 1 N–H and O–H groups in total. The molecule has 1 aliphatic rings. The molecule has 1 atom stereocenters. The first-order valence-electron chi connectivity index (χ1n) is 6.72. The zero-order valence-electron chi connectivity index (χ0n) is 11.9. The van der Waals surface area contributed by atoms with E-state index in [2.05, 4.69) is 15.5 Å². The van der Waals surface area contributed by atoms with E-state index >= 15 is 0 Å².